The summed E-state index contributed by atoms with van der Waals surface area (Å²) < 4.78 is 7.35. The van der Waals surface area contributed by atoms with Crippen LogP contribution in [0.1, 0.15) is 0 Å². The monoisotopic (exact) mass is 1220 g/mol. The second kappa shape index (κ2) is 23.2. The molecule has 8 aromatic carbocycles. The third-order valence-corrected chi connectivity index (χ3v) is 19.1. The molecule has 0 atom stereocenters. The van der Waals surface area contributed by atoms with Gasteiger partial charge in [-0.1, -0.05) is 121 Å². The zero-order valence-corrected chi connectivity index (χ0v) is 50.7. The zero-order valence-electron chi connectivity index (χ0n) is 49.0. The van der Waals surface area contributed by atoms with E-state index < -0.39 is 0 Å². The first-order valence-electron chi connectivity index (χ1n) is 30.1. The molecule has 10 aromatic heterocycles. The van der Waals surface area contributed by atoms with Crippen LogP contribution in [0, 0.1) is 0 Å². The summed E-state index contributed by atoms with van der Waals surface area (Å²) in [6.07, 6.45) is 14.1. The summed E-state index contributed by atoms with van der Waals surface area (Å²) in [6, 6.07) is 87.0. The molecule has 0 saturated heterocycles. The fourth-order valence-electron chi connectivity index (χ4n) is 12.3. The molecule has 11 nitrogen and oxygen atoms in total. The first kappa shape index (κ1) is 54.1. The van der Waals surface area contributed by atoms with E-state index in [1.165, 1.54) is 84.7 Å². The number of pyridine rings is 4. The standard InChI is InChI=1S/C40H25N5S.C39H24N6S/c1-2-6-28(7-3-1)37-24-30-12-15-36-38(39(30)46-37)32-8-4-5-9-35(32)45(36)31-13-10-26(11-14-31)33-25-34(27-16-20-41-21-17-27)44-40(43-33)29-18-22-42-23-19-29;1-2-6-25(7-3-1)34-24-29-12-15-33-35(36(29)46-34)31-8-4-5-9-32(31)45(33)30-13-10-26(11-14-30)37-42-38(27-16-20-40-21-17-27)44-39(43-37)28-18-22-41-23-19-28/h1-25H;1-24H. The predicted molar refractivity (Wildman–Crippen MR) is 376 cm³/mol. The average Bonchev–Trinajstić information content (AvgIpc) is 1.59. The number of para-hydroxylation sites is 2. The SMILES string of the molecule is c1ccc(-c2cc3ccc4c(c5ccccc5n4-c4ccc(-c5cc(-c6ccncc6)nc(-c6ccncc6)n5)cc4)c3s2)cc1.c1ccc(-c2cc3ccc4c(c5ccccc5n4-c4ccc(-c5nc(-c6ccncc6)nc(-c6ccncc6)n5)cc4)c3s2)cc1. The molecule has 0 spiro atoms. The van der Waals surface area contributed by atoms with Crippen LogP contribution in [0.15, 0.2) is 298 Å². The Kier molecular flexibility index (Phi) is 13.6. The molecule has 10 heterocycles. The van der Waals surface area contributed by atoms with Crippen molar-refractivity contribution in [1.29, 1.82) is 0 Å². The van der Waals surface area contributed by atoms with Crippen LogP contribution in [-0.4, -0.2) is 54.0 Å². The summed E-state index contributed by atoms with van der Waals surface area (Å²) >= 11 is 3.72. The molecule has 432 valence electrons. The molecule has 18 aromatic rings. The van der Waals surface area contributed by atoms with Crippen molar-refractivity contribution in [3.63, 3.8) is 0 Å². The molecule has 0 saturated carbocycles. The molecule has 0 amide bonds. The van der Waals surface area contributed by atoms with E-state index in [2.05, 4.69) is 223 Å². The van der Waals surface area contributed by atoms with Crippen LogP contribution in [0.3, 0.4) is 0 Å². The van der Waals surface area contributed by atoms with E-state index in [4.69, 9.17) is 24.9 Å². The van der Waals surface area contributed by atoms with E-state index in [0.717, 1.165) is 56.1 Å². The molecular formula is C79H49N11S2. The Hall–Kier alpha value is -12.0. The quantitative estimate of drug-likeness (QED) is 0.132. The van der Waals surface area contributed by atoms with Gasteiger partial charge in [0.2, 0.25) is 0 Å². The minimum absolute atomic E-state index is 0.598. The average molecular weight is 1220 g/mol. The Balaban J connectivity index is 0.000000141. The molecular weight excluding hydrogens is 1170 g/mol. The van der Waals surface area contributed by atoms with Gasteiger partial charge in [0, 0.05) is 135 Å². The van der Waals surface area contributed by atoms with Crippen LogP contribution < -0.4 is 0 Å². The van der Waals surface area contributed by atoms with Crippen LogP contribution in [0.25, 0.3) is 164 Å². The Morgan fingerprint density at radius 1 is 0.250 bits per heavy atom. The van der Waals surface area contributed by atoms with E-state index in [0.29, 0.717) is 23.3 Å². The third-order valence-electron chi connectivity index (χ3n) is 16.7. The molecule has 0 radical (unpaired) electrons. The molecule has 0 unspecified atom stereocenters. The summed E-state index contributed by atoms with van der Waals surface area (Å²) in [7, 11) is 0. The van der Waals surface area contributed by atoms with Gasteiger partial charge >= 0.3 is 0 Å². The molecule has 13 heteroatoms. The number of benzene rings is 8. The summed E-state index contributed by atoms with van der Waals surface area (Å²) in [5.41, 5.74) is 16.7. The van der Waals surface area contributed by atoms with Crippen LogP contribution in [0.5, 0.6) is 0 Å². The van der Waals surface area contributed by atoms with Crippen molar-refractivity contribution >= 4 is 86.5 Å². The Bertz CT molecular complexity index is 5250. The number of fused-ring (bicyclic) bond motifs is 10. The van der Waals surface area contributed by atoms with Gasteiger partial charge in [0.15, 0.2) is 23.3 Å². The van der Waals surface area contributed by atoms with Crippen molar-refractivity contribution in [3.8, 4) is 100 Å². The minimum atomic E-state index is 0.598. The van der Waals surface area contributed by atoms with Gasteiger partial charge in [-0.15, -0.1) is 22.7 Å². The lowest BCUT2D eigenvalue weighted by molar-refractivity contribution is 1.07. The van der Waals surface area contributed by atoms with Gasteiger partial charge in [0.05, 0.1) is 33.5 Å². The molecule has 0 aliphatic heterocycles. The maximum absolute atomic E-state index is 4.99. The van der Waals surface area contributed by atoms with Gasteiger partial charge in [0.1, 0.15) is 0 Å². The molecule has 0 bridgehead atoms. The molecule has 92 heavy (non-hydrogen) atoms. The number of hydrogen-bond donors (Lipinski definition) is 0. The predicted octanol–water partition coefficient (Wildman–Crippen LogP) is 19.9. The normalized spacial score (nSPS) is 11.5. The Morgan fingerprint density at radius 2 is 0.587 bits per heavy atom. The van der Waals surface area contributed by atoms with Gasteiger partial charge < -0.3 is 9.13 Å². The third kappa shape index (κ3) is 9.90. The number of nitrogens with zero attached hydrogens (tertiary/aromatic N) is 11. The number of rotatable bonds is 10. The molecule has 0 N–H and O–H groups in total. The summed E-state index contributed by atoms with van der Waals surface area (Å²) in [5, 5.41) is 7.62. The summed E-state index contributed by atoms with van der Waals surface area (Å²) in [5.74, 6) is 2.46. The van der Waals surface area contributed by atoms with Crippen molar-refractivity contribution in [2.45, 2.75) is 0 Å². The van der Waals surface area contributed by atoms with Gasteiger partial charge in [-0.25, -0.2) is 24.9 Å². The van der Waals surface area contributed by atoms with Crippen LogP contribution in [0.2, 0.25) is 0 Å². The van der Waals surface area contributed by atoms with Crippen molar-refractivity contribution in [2.24, 2.45) is 0 Å². The second-order valence-electron chi connectivity index (χ2n) is 22.2. The van der Waals surface area contributed by atoms with Crippen molar-refractivity contribution in [3.05, 3.63) is 298 Å². The van der Waals surface area contributed by atoms with Gasteiger partial charge in [-0.05, 0) is 149 Å². The maximum atomic E-state index is 4.99. The molecule has 18 rings (SSSR count). The first-order chi connectivity index (χ1) is 45.6. The highest BCUT2D eigenvalue weighted by Crippen LogP contribution is 2.45. The molecule has 0 aliphatic carbocycles. The number of thiophene rings is 2. The fourth-order valence-corrected chi connectivity index (χ4v) is 14.8. The lowest BCUT2D eigenvalue weighted by atomic mass is 10.1. The highest BCUT2D eigenvalue weighted by molar-refractivity contribution is 7.23. The van der Waals surface area contributed by atoms with E-state index >= 15 is 0 Å². The Morgan fingerprint density at radius 3 is 1.00 bits per heavy atom. The summed E-state index contributed by atoms with van der Waals surface area (Å²) in [4.78, 5) is 43.7. The highest BCUT2D eigenvalue weighted by Gasteiger charge is 2.21. The first-order valence-corrected chi connectivity index (χ1v) is 31.7. The van der Waals surface area contributed by atoms with Crippen molar-refractivity contribution < 1.29 is 0 Å². The van der Waals surface area contributed by atoms with E-state index in [1.807, 2.05) is 77.3 Å². The maximum Gasteiger partial charge on any atom is 0.164 e. The van der Waals surface area contributed by atoms with E-state index in [9.17, 15) is 0 Å². The van der Waals surface area contributed by atoms with Gasteiger partial charge in [0.25, 0.3) is 0 Å². The lowest BCUT2D eigenvalue weighted by Gasteiger charge is -2.11. The largest absolute Gasteiger partial charge is 0.309 e. The van der Waals surface area contributed by atoms with E-state index in [1.54, 1.807) is 49.6 Å². The van der Waals surface area contributed by atoms with Gasteiger partial charge in [-0.3, -0.25) is 19.9 Å². The topological polar surface area (TPSA) is 126 Å². The summed E-state index contributed by atoms with van der Waals surface area (Å²) in [6.45, 7) is 0. The van der Waals surface area contributed by atoms with Gasteiger partial charge in [-0.2, -0.15) is 0 Å². The zero-order chi connectivity index (χ0) is 60.9. The van der Waals surface area contributed by atoms with Crippen molar-refractivity contribution in [1.82, 2.24) is 54.0 Å². The smallest absolute Gasteiger partial charge is 0.164 e. The minimum Gasteiger partial charge on any atom is -0.309 e. The van der Waals surface area contributed by atoms with E-state index in [-0.39, 0.29) is 0 Å². The van der Waals surface area contributed by atoms with Crippen LogP contribution in [0.4, 0.5) is 0 Å². The molecule has 0 aliphatic rings. The lowest BCUT2D eigenvalue weighted by Crippen LogP contribution is -2.00. The fraction of sp³-hybridized carbons (Fsp3) is 0. The number of aromatic nitrogens is 11. The van der Waals surface area contributed by atoms with Crippen molar-refractivity contribution in [2.75, 3.05) is 0 Å². The van der Waals surface area contributed by atoms with Crippen LogP contribution >= 0.6 is 22.7 Å². The Labute approximate surface area is 535 Å². The highest BCUT2D eigenvalue weighted by atomic mass is 32.1. The number of hydrogen-bond acceptors (Lipinski definition) is 11. The van der Waals surface area contributed by atoms with Crippen LogP contribution in [-0.2, 0) is 0 Å². The molecule has 0 fully saturated rings. The second-order valence-corrected chi connectivity index (χ2v) is 24.3.